The molecule has 68 valence electrons. The van der Waals surface area contributed by atoms with Crippen molar-refractivity contribution in [2.24, 2.45) is 0 Å². The molecule has 0 aliphatic heterocycles. The standard InChI is InChI=1S/C7H10N6/c1-4(2)6-11-12-7-5(8)9-3-10-13(6)7/h3-4H,1-2H3,(H2,8,9,10). The van der Waals surface area contributed by atoms with Gasteiger partial charge in [-0.05, 0) is 0 Å². The third-order valence-corrected chi connectivity index (χ3v) is 1.77. The highest BCUT2D eigenvalue weighted by Gasteiger charge is 2.11. The number of fused-ring (bicyclic) bond motifs is 1. The zero-order valence-electron chi connectivity index (χ0n) is 7.47. The Bertz CT molecular complexity index is 431. The van der Waals surface area contributed by atoms with E-state index in [1.807, 2.05) is 13.8 Å². The van der Waals surface area contributed by atoms with Crippen LogP contribution in [-0.4, -0.2) is 24.8 Å². The molecule has 0 atom stereocenters. The summed E-state index contributed by atoms with van der Waals surface area (Å²) in [5.74, 6) is 1.42. The van der Waals surface area contributed by atoms with Crippen LogP contribution in [0.15, 0.2) is 6.33 Å². The fourth-order valence-electron chi connectivity index (χ4n) is 1.12. The van der Waals surface area contributed by atoms with Crippen LogP contribution in [0.1, 0.15) is 25.6 Å². The average molecular weight is 178 g/mol. The number of rotatable bonds is 1. The van der Waals surface area contributed by atoms with Crippen molar-refractivity contribution in [2.45, 2.75) is 19.8 Å². The van der Waals surface area contributed by atoms with Gasteiger partial charge < -0.3 is 5.73 Å². The highest BCUT2D eigenvalue weighted by molar-refractivity contribution is 5.57. The van der Waals surface area contributed by atoms with E-state index in [-0.39, 0.29) is 5.92 Å². The predicted octanol–water partition coefficient (Wildman–Crippen LogP) is 0.225. The lowest BCUT2D eigenvalue weighted by atomic mass is 10.2. The molecule has 2 rings (SSSR count). The maximum atomic E-state index is 5.60. The number of nitrogens with zero attached hydrogens (tertiary/aromatic N) is 5. The third kappa shape index (κ3) is 1.10. The monoisotopic (exact) mass is 178 g/mol. The van der Waals surface area contributed by atoms with Gasteiger partial charge in [0, 0.05) is 5.92 Å². The van der Waals surface area contributed by atoms with Crippen LogP contribution in [0.25, 0.3) is 5.65 Å². The second-order valence-electron chi connectivity index (χ2n) is 3.09. The molecule has 0 saturated carbocycles. The van der Waals surface area contributed by atoms with Gasteiger partial charge in [-0.3, -0.25) is 0 Å². The Hall–Kier alpha value is -1.72. The fourth-order valence-corrected chi connectivity index (χ4v) is 1.12. The lowest BCUT2D eigenvalue weighted by molar-refractivity contribution is 0.716. The van der Waals surface area contributed by atoms with Crippen LogP contribution in [0.3, 0.4) is 0 Å². The van der Waals surface area contributed by atoms with Crippen molar-refractivity contribution >= 4 is 11.5 Å². The lowest BCUT2D eigenvalue weighted by Gasteiger charge is -2.00. The van der Waals surface area contributed by atoms with Gasteiger partial charge in [0.05, 0.1) is 0 Å². The van der Waals surface area contributed by atoms with E-state index in [9.17, 15) is 0 Å². The second kappa shape index (κ2) is 2.65. The van der Waals surface area contributed by atoms with Crippen LogP contribution in [0.4, 0.5) is 5.82 Å². The van der Waals surface area contributed by atoms with E-state index in [2.05, 4.69) is 20.3 Å². The van der Waals surface area contributed by atoms with Crippen LogP contribution < -0.4 is 5.73 Å². The Kier molecular flexibility index (Phi) is 1.61. The Labute approximate surface area is 74.8 Å². The SMILES string of the molecule is CC(C)c1nnc2c(N)ncnn12. The Balaban J connectivity index is 2.75. The highest BCUT2D eigenvalue weighted by Crippen LogP contribution is 2.13. The molecule has 13 heavy (non-hydrogen) atoms. The molecular weight excluding hydrogens is 168 g/mol. The van der Waals surface area contributed by atoms with Crippen molar-refractivity contribution in [1.29, 1.82) is 0 Å². The summed E-state index contributed by atoms with van der Waals surface area (Å²) < 4.78 is 1.62. The second-order valence-corrected chi connectivity index (χ2v) is 3.09. The molecule has 2 N–H and O–H groups in total. The van der Waals surface area contributed by atoms with Crippen molar-refractivity contribution < 1.29 is 0 Å². The van der Waals surface area contributed by atoms with E-state index in [4.69, 9.17) is 5.73 Å². The summed E-state index contributed by atoms with van der Waals surface area (Å²) in [6.07, 6.45) is 1.40. The highest BCUT2D eigenvalue weighted by atomic mass is 15.4. The number of hydrogen-bond acceptors (Lipinski definition) is 5. The molecule has 0 spiro atoms. The first-order chi connectivity index (χ1) is 6.20. The van der Waals surface area contributed by atoms with Gasteiger partial charge in [0.2, 0.25) is 5.65 Å². The zero-order chi connectivity index (χ0) is 9.42. The molecule has 2 aromatic rings. The van der Waals surface area contributed by atoms with Crippen molar-refractivity contribution in [2.75, 3.05) is 5.73 Å². The molecule has 0 radical (unpaired) electrons. The van der Waals surface area contributed by atoms with E-state index < -0.39 is 0 Å². The summed E-state index contributed by atoms with van der Waals surface area (Å²) in [4.78, 5) is 3.82. The van der Waals surface area contributed by atoms with E-state index in [1.54, 1.807) is 4.52 Å². The summed E-state index contributed by atoms with van der Waals surface area (Å²) in [7, 11) is 0. The van der Waals surface area contributed by atoms with Crippen molar-refractivity contribution in [3.63, 3.8) is 0 Å². The first-order valence-corrected chi connectivity index (χ1v) is 4.02. The molecule has 0 amide bonds. The number of aromatic nitrogens is 5. The Morgan fingerprint density at radius 2 is 2.15 bits per heavy atom. The van der Waals surface area contributed by atoms with Crippen LogP contribution >= 0.6 is 0 Å². The minimum absolute atomic E-state index is 0.268. The van der Waals surface area contributed by atoms with Gasteiger partial charge in [-0.25, -0.2) is 4.98 Å². The predicted molar refractivity (Wildman–Crippen MR) is 47.1 cm³/mol. The van der Waals surface area contributed by atoms with Gasteiger partial charge in [-0.2, -0.15) is 9.61 Å². The van der Waals surface area contributed by atoms with Crippen molar-refractivity contribution in [3.05, 3.63) is 12.2 Å². The summed E-state index contributed by atoms with van der Waals surface area (Å²) >= 11 is 0. The molecule has 2 heterocycles. The maximum Gasteiger partial charge on any atom is 0.220 e. The topological polar surface area (TPSA) is 82.0 Å². The fraction of sp³-hybridized carbons (Fsp3) is 0.429. The average Bonchev–Trinajstić information content (AvgIpc) is 2.48. The summed E-state index contributed by atoms with van der Waals surface area (Å²) in [5, 5.41) is 11.9. The molecule has 6 nitrogen and oxygen atoms in total. The van der Waals surface area contributed by atoms with Crippen LogP contribution in [0, 0.1) is 0 Å². The molecule has 2 aromatic heterocycles. The van der Waals surface area contributed by atoms with Crippen molar-refractivity contribution in [1.82, 2.24) is 24.8 Å². The molecule has 0 bridgehead atoms. The molecular formula is C7H10N6. The molecule has 6 heteroatoms. The number of nitrogen functional groups attached to an aromatic ring is 1. The molecule has 0 saturated heterocycles. The van der Waals surface area contributed by atoms with Crippen LogP contribution in [0.5, 0.6) is 0 Å². The Morgan fingerprint density at radius 3 is 2.85 bits per heavy atom. The van der Waals surface area contributed by atoms with Gasteiger partial charge >= 0.3 is 0 Å². The molecule has 0 unspecified atom stereocenters. The molecule has 0 aliphatic rings. The van der Waals surface area contributed by atoms with Crippen LogP contribution in [0.2, 0.25) is 0 Å². The van der Waals surface area contributed by atoms with E-state index in [1.165, 1.54) is 6.33 Å². The minimum atomic E-state index is 0.268. The summed E-state index contributed by atoms with van der Waals surface area (Å²) in [6, 6.07) is 0. The van der Waals surface area contributed by atoms with E-state index in [0.717, 1.165) is 5.82 Å². The van der Waals surface area contributed by atoms with Gasteiger partial charge in [0.15, 0.2) is 11.6 Å². The van der Waals surface area contributed by atoms with Gasteiger partial charge in [-0.15, -0.1) is 10.2 Å². The number of hydrogen-bond donors (Lipinski definition) is 1. The smallest absolute Gasteiger partial charge is 0.220 e. The third-order valence-electron chi connectivity index (χ3n) is 1.77. The molecule has 0 aromatic carbocycles. The number of anilines is 1. The summed E-state index contributed by atoms with van der Waals surface area (Å²) in [5.41, 5.74) is 6.11. The summed E-state index contributed by atoms with van der Waals surface area (Å²) in [6.45, 7) is 4.05. The quantitative estimate of drug-likeness (QED) is 0.675. The molecule has 0 aliphatic carbocycles. The number of nitrogens with two attached hydrogens (primary N) is 1. The largest absolute Gasteiger partial charge is 0.380 e. The lowest BCUT2D eigenvalue weighted by Crippen LogP contribution is -2.03. The van der Waals surface area contributed by atoms with Gasteiger partial charge in [-0.1, -0.05) is 13.8 Å². The Morgan fingerprint density at radius 1 is 1.38 bits per heavy atom. The molecule has 0 fully saturated rings. The van der Waals surface area contributed by atoms with E-state index >= 15 is 0 Å². The van der Waals surface area contributed by atoms with Gasteiger partial charge in [0.25, 0.3) is 0 Å². The van der Waals surface area contributed by atoms with E-state index in [0.29, 0.717) is 11.5 Å². The van der Waals surface area contributed by atoms with Crippen LogP contribution in [-0.2, 0) is 0 Å². The first-order valence-electron chi connectivity index (χ1n) is 4.02. The normalized spacial score (nSPS) is 11.3. The maximum absolute atomic E-state index is 5.60. The zero-order valence-corrected chi connectivity index (χ0v) is 7.47. The van der Waals surface area contributed by atoms with Gasteiger partial charge in [0.1, 0.15) is 6.33 Å². The van der Waals surface area contributed by atoms with Crippen molar-refractivity contribution in [3.8, 4) is 0 Å². The minimum Gasteiger partial charge on any atom is -0.380 e. The first kappa shape index (κ1) is 7.90.